The maximum Gasteiger partial charge on any atom is 0.254 e. The van der Waals surface area contributed by atoms with Gasteiger partial charge in [-0.15, -0.1) is 0 Å². The lowest BCUT2D eigenvalue weighted by molar-refractivity contribution is -0.121. The molecule has 1 amide bonds. The van der Waals surface area contributed by atoms with E-state index in [4.69, 9.17) is 0 Å². The van der Waals surface area contributed by atoms with Crippen molar-refractivity contribution in [3.63, 3.8) is 0 Å². The summed E-state index contributed by atoms with van der Waals surface area (Å²) in [6.45, 7) is 2.73. The second-order valence-corrected chi connectivity index (χ2v) is 6.99. The van der Waals surface area contributed by atoms with Crippen molar-refractivity contribution in [1.82, 2.24) is 34.6 Å². The van der Waals surface area contributed by atoms with E-state index in [0.29, 0.717) is 30.6 Å². The van der Waals surface area contributed by atoms with Crippen LogP contribution in [0.25, 0.3) is 5.82 Å². The molecule has 1 fully saturated rings. The van der Waals surface area contributed by atoms with E-state index in [2.05, 4.69) is 30.7 Å². The van der Waals surface area contributed by atoms with E-state index in [1.165, 1.54) is 23.3 Å². The first-order valence-corrected chi connectivity index (χ1v) is 9.50. The molecule has 0 aromatic carbocycles. The summed E-state index contributed by atoms with van der Waals surface area (Å²) in [5.41, 5.74) is 1.53. The number of rotatable bonds is 8. The molecule has 0 saturated heterocycles. The molecule has 0 aliphatic heterocycles. The van der Waals surface area contributed by atoms with Crippen LogP contribution in [0.3, 0.4) is 0 Å². The molecule has 0 bridgehead atoms. The number of amides is 1. The van der Waals surface area contributed by atoms with E-state index in [0.717, 1.165) is 24.2 Å². The van der Waals surface area contributed by atoms with Gasteiger partial charge in [0.25, 0.3) is 5.56 Å². The number of nitrogens with zero attached hydrogens (tertiary/aromatic N) is 6. The lowest BCUT2D eigenvalue weighted by atomic mass is 10.3. The van der Waals surface area contributed by atoms with E-state index >= 15 is 0 Å². The predicted molar refractivity (Wildman–Crippen MR) is 106 cm³/mol. The highest BCUT2D eigenvalue weighted by atomic mass is 16.2. The van der Waals surface area contributed by atoms with Gasteiger partial charge in [0.1, 0.15) is 18.7 Å². The van der Waals surface area contributed by atoms with Crippen LogP contribution in [-0.4, -0.2) is 48.3 Å². The zero-order valence-corrected chi connectivity index (χ0v) is 16.1. The van der Waals surface area contributed by atoms with E-state index in [1.54, 1.807) is 10.7 Å². The molecular formula is C19H22N8O2. The highest BCUT2D eigenvalue weighted by Crippen LogP contribution is 2.38. The fourth-order valence-electron chi connectivity index (χ4n) is 2.88. The van der Waals surface area contributed by atoms with Crippen molar-refractivity contribution in [2.24, 2.45) is 0 Å². The maximum atomic E-state index is 12.1. The van der Waals surface area contributed by atoms with Crippen molar-refractivity contribution >= 4 is 11.7 Å². The Hall–Kier alpha value is -3.56. The number of nitrogens with one attached hydrogen (secondary N) is 2. The summed E-state index contributed by atoms with van der Waals surface area (Å²) in [6, 6.07) is 5.20. The number of hydrogen-bond donors (Lipinski definition) is 2. The van der Waals surface area contributed by atoms with E-state index < -0.39 is 0 Å². The molecule has 2 N–H and O–H groups in total. The molecule has 4 rings (SSSR count). The minimum absolute atomic E-state index is 0.0485. The summed E-state index contributed by atoms with van der Waals surface area (Å²) in [5, 5.41) is 10.2. The Morgan fingerprint density at radius 1 is 1.21 bits per heavy atom. The molecule has 1 aliphatic rings. The van der Waals surface area contributed by atoms with Crippen molar-refractivity contribution < 1.29 is 4.79 Å². The van der Waals surface area contributed by atoms with Gasteiger partial charge < -0.3 is 10.6 Å². The van der Waals surface area contributed by atoms with E-state index in [-0.39, 0.29) is 18.0 Å². The molecule has 3 heterocycles. The van der Waals surface area contributed by atoms with E-state index in [1.807, 2.05) is 19.2 Å². The molecule has 10 nitrogen and oxygen atoms in total. The number of carbonyl (C=O) groups is 1. The van der Waals surface area contributed by atoms with Gasteiger partial charge >= 0.3 is 0 Å². The fraction of sp³-hybridized carbons (Fsp3) is 0.368. The van der Waals surface area contributed by atoms with Crippen LogP contribution < -0.4 is 16.2 Å². The summed E-state index contributed by atoms with van der Waals surface area (Å²) >= 11 is 0. The average molecular weight is 394 g/mol. The predicted octanol–water partition coefficient (Wildman–Crippen LogP) is 0.633. The Labute approximate surface area is 167 Å². The van der Waals surface area contributed by atoms with Crippen molar-refractivity contribution in [3.05, 3.63) is 58.8 Å². The maximum absolute atomic E-state index is 12.1. The number of aryl methyl sites for hydroxylation is 1. The van der Waals surface area contributed by atoms with Gasteiger partial charge in [-0.3, -0.25) is 14.2 Å². The topological polar surface area (TPSA) is 120 Å². The van der Waals surface area contributed by atoms with Gasteiger partial charge in [-0.25, -0.2) is 19.6 Å². The van der Waals surface area contributed by atoms with Crippen LogP contribution >= 0.6 is 0 Å². The van der Waals surface area contributed by atoms with Gasteiger partial charge in [-0.05, 0) is 25.8 Å². The van der Waals surface area contributed by atoms with Crippen LogP contribution in [-0.2, 0) is 11.3 Å². The molecule has 29 heavy (non-hydrogen) atoms. The van der Waals surface area contributed by atoms with Crippen molar-refractivity contribution in [1.29, 1.82) is 0 Å². The first-order valence-electron chi connectivity index (χ1n) is 9.50. The van der Waals surface area contributed by atoms with Crippen molar-refractivity contribution in [2.45, 2.75) is 32.2 Å². The highest BCUT2D eigenvalue weighted by molar-refractivity contribution is 5.75. The lowest BCUT2D eigenvalue weighted by Gasteiger charge is -2.09. The first kappa shape index (κ1) is 18.8. The SMILES string of the molecule is Cc1ccn(-c2cc(NCCNC(=O)Cn3cnc(C4CC4)cc3=O)ncn2)n1. The van der Waals surface area contributed by atoms with Gasteiger partial charge in [0, 0.05) is 37.3 Å². The minimum atomic E-state index is -0.245. The van der Waals surface area contributed by atoms with Crippen molar-refractivity contribution in [3.8, 4) is 5.82 Å². The number of anilines is 1. The van der Waals surface area contributed by atoms with E-state index in [9.17, 15) is 9.59 Å². The zero-order chi connectivity index (χ0) is 20.2. The Kier molecular flexibility index (Phi) is 5.32. The van der Waals surface area contributed by atoms with Crippen LogP contribution in [0, 0.1) is 6.92 Å². The third-order valence-corrected chi connectivity index (χ3v) is 4.57. The minimum Gasteiger partial charge on any atom is -0.368 e. The second kappa shape index (κ2) is 8.21. The molecule has 0 radical (unpaired) electrons. The Bertz CT molecular complexity index is 1070. The molecule has 0 spiro atoms. The van der Waals surface area contributed by atoms with Gasteiger partial charge in [0.15, 0.2) is 5.82 Å². The van der Waals surface area contributed by atoms with Crippen LogP contribution in [0.1, 0.15) is 30.1 Å². The molecule has 1 saturated carbocycles. The highest BCUT2D eigenvalue weighted by Gasteiger charge is 2.25. The molecule has 150 valence electrons. The zero-order valence-electron chi connectivity index (χ0n) is 16.1. The summed E-state index contributed by atoms with van der Waals surface area (Å²) < 4.78 is 2.99. The van der Waals surface area contributed by atoms with Crippen molar-refractivity contribution in [2.75, 3.05) is 18.4 Å². The van der Waals surface area contributed by atoms with Gasteiger partial charge in [-0.2, -0.15) is 5.10 Å². The third kappa shape index (κ3) is 4.84. The third-order valence-electron chi connectivity index (χ3n) is 4.57. The molecular weight excluding hydrogens is 372 g/mol. The van der Waals surface area contributed by atoms with Crippen LogP contribution in [0.15, 0.2) is 41.8 Å². The smallest absolute Gasteiger partial charge is 0.254 e. The van der Waals surface area contributed by atoms with Gasteiger partial charge in [0.05, 0.1) is 17.7 Å². The molecule has 3 aromatic heterocycles. The fourth-order valence-corrected chi connectivity index (χ4v) is 2.88. The monoisotopic (exact) mass is 394 g/mol. The van der Waals surface area contributed by atoms with Crippen LogP contribution in [0.4, 0.5) is 5.82 Å². The summed E-state index contributed by atoms with van der Waals surface area (Å²) in [6.07, 6.45) is 6.90. The molecule has 3 aromatic rings. The normalized spacial score (nSPS) is 13.3. The van der Waals surface area contributed by atoms with Crippen LogP contribution in [0.5, 0.6) is 0 Å². The Balaban J connectivity index is 1.24. The summed E-state index contributed by atoms with van der Waals surface area (Å²) in [5.74, 6) is 1.46. The lowest BCUT2D eigenvalue weighted by Crippen LogP contribution is -2.34. The number of hydrogen-bond acceptors (Lipinski definition) is 7. The largest absolute Gasteiger partial charge is 0.368 e. The standard InChI is InChI=1S/C19H22N8O2/c1-13-4-7-27(25-13)17-9-16(22-11-23-17)20-5-6-21-18(28)10-26-12-24-15(8-19(26)29)14-2-3-14/h4,7-9,11-12,14H,2-3,5-6,10H2,1H3,(H,21,28)(H,20,22,23). The quantitative estimate of drug-likeness (QED) is 0.538. The van der Waals surface area contributed by atoms with Gasteiger partial charge in [-0.1, -0.05) is 0 Å². The first-order chi connectivity index (χ1) is 14.1. The number of carbonyl (C=O) groups excluding carboxylic acids is 1. The Morgan fingerprint density at radius 3 is 2.79 bits per heavy atom. The summed E-state index contributed by atoms with van der Waals surface area (Å²) in [7, 11) is 0. The molecule has 0 unspecified atom stereocenters. The average Bonchev–Trinajstić information content (AvgIpc) is 3.48. The van der Waals surface area contributed by atoms with Crippen LogP contribution in [0.2, 0.25) is 0 Å². The summed E-state index contributed by atoms with van der Waals surface area (Å²) in [4.78, 5) is 36.8. The number of aromatic nitrogens is 6. The molecule has 0 atom stereocenters. The molecule has 1 aliphatic carbocycles. The Morgan fingerprint density at radius 2 is 2.07 bits per heavy atom. The van der Waals surface area contributed by atoms with Gasteiger partial charge in [0.2, 0.25) is 5.91 Å². The second-order valence-electron chi connectivity index (χ2n) is 6.99. The molecule has 10 heteroatoms.